The highest BCUT2D eigenvalue weighted by molar-refractivity contribution is 5.72. The lowest BCUT2D eigenvalue weighted by Gasteiger charge is -2.21. The van der Waals surface area contributed by atoms with Crippen molar-refractivity contribution in [3.05, 3.63) is 23.8 Å². The van der Waals surface area contributed by atoms with Crippen molar-refractivity contribution in [3.63, 3.8) is 0 Å². The Morgan fingerprint density at radius 2 is 2.43 bits per heavy atom. The van der Waals surface area contributed by atoms with Crippen LogP contribution in [-0.4, -0.2) is 23.6 Å². The van der Waals surface area contributed by atoms with E-state index in [0.29, 0.717) is 12.5 Å². The molecule has 0 aliphatic carbocycles. The minimum atomic E-state index is 0.573. The van der Waals surface area contributed by atoms with Gasteiger partial charge in [0, 0.05) is 13.2 Å². The van der Waals surface area contributed by atoms with Crippen molar-refractivity contribution in [1.82, 2.24) is 15.3 Å². The number of aromatic nitrogens is 2. The van der Waals surface area contributed by atoms with E-state index in [1.807, 2.05) is 7.05 Å². The van der Waals surface area contributed by atoms with Gasteiger partial charge < -0.3 is 10.1 Å². The summed E-state index contributed by atoms with van der Waals surface area (Å²) in [6.45, 7) is 2.69. The first-order chi connectivity index (χ1) is 6.86. The maximum Gasteiger partial charge on any atom is 0.224 e. The van der Waals surface area contributed by atoms with E-state index < -0.39 is 0 Å². The number of nitrogens with one attached hydrogen (secondary N) is 1. The van der Waals surface area contributed by atoms with Gasteiger partial charge in [-0.15, -0.1) is 0 Å². The molecule has 0 spiro atoms. The fraction of sp³-hybridized carbons (Fsp3) is 0.400. The van der Waals surface area contributed by atoms with Gasteiger partial charge in [0.2, 0.25) is 5.88 Å². The molecule has 0 saturated heterocycles. The van der Waals surface area contributed by atoms with Gasteiger partial charge in [-0.1, -0.05) is 6.92 Å². The normalized spacial score (nSPS) is 14.7. The highest BCUT2D eigenvalue weighted by Gasteiger charge is 2.18. The molecule has 14 heavy (non-hydrogen) atoms. The van der Waals surface area contributed by atoms with E-state index in [4.69, 9.17) is 4.74 Å². The van der Waals surface area contributed by atoms with Crippen molar-refractivity contribution in [2.75, 3.05) is 13.7 Å². The van der Waals surface area contributed by atoms with Gasteiger partial charge in [-0.25, -0.2) is 9.97 Å². The Hall–Kier alpha value is -1.58. The molecule has 0 aromatic carbocycles. The van der Waals surface area contributed by atoms with Crippen LogP contribution in [0.2, 0.25) is 0 Å². The third kappa shape index (κ3) is 1.32. The molecule has 0 fully saturated rings. The number of nitrogens with zero attached hydrogens (tertiary/aromatic N) is 2. The fourth-order valence-electron chi connectivity index (χ4n) is 1.66. The molecule has 4 heteroatoms. The second-order valence-electron chi connectivity index (χ2n) is 3.09. The van der Waals surface area contributed by atoms with Gasteiger partial charge in [0.25, 0.3) is 0 Å². The molecule has 74 valence electrons. The van der Waals surface area contributed by atoms with Crippen LogP contribution >= 0.6 is 0 Å². The maximum absolute atomic E-state index is 5.49. The van der Waals surface area contributed by atoms with Gasteiger partial charge in [-0.2, -0.15) is 0 Å². The summed E-state index contributed by atoms with van der Waals surface area (Å²) in [5.74, 6) is 0.691. The molecule has 4 nitrogen and oxygen atoms in total. The summed E-state index contributed by atoms with van der Waals surface area (Å²) in [4.78, 5) is 8.10. The van der Waals surface area contributed by atoms with E-state index in [9.17, 15) is 0 Å². The number of allylic oxidation sites excluding steroid dienone is 1. The van der Waals surface area contributed by atoms with Gasteiger partial charge in [-0.05, 0) is 12.0 Å². The standard InChI is InChI=1S/C10H13N3O/c1-3-7-8-4-12-6-13-10(8)14-5-9(7)11-2/h4,6,11H,3,5H2,1-2H3. The van der Waals surface area contributed by atoms with Crippen molar-refractivity contribution >= 4 is 5.57 Å². The number of hydrogen-bond acceptors (Lipinski definition) is 4. The zero-order valence-corrected chi connectivity index (χ0v) is 8.37. The summed E-state index contributed by atoms with van der Waals surface area (Å²) in [5.41, 5.74) is 3.37. The number of rotatable bonds is 2. The summed E-state index contributed by atoms with van der Waals surface area (Å²) in [6.07, 6.45) is 4.27. The zero-order chi connectivity index (χ0) is 9.97. The molecule has 1 aliphatic heterocycles. The summed E-state index contributed by atoms with van der Waals surface area (Å²) in [6, 6.07) is 0. The first-order valence-corrected chi connectivity index (χ1v) is 4.69. The van der Waals surface area contributed by atoms with Crippen LogP contribution in [0.3, 0.4) is 0 Å². The van der Waals surface area contributed by atoms with E-state index in [2.05, 4.69) is 22.2 Å². The van der Waals surface area contributed by atoms with Crippen LogP contribution in [0.15, 0.2) is 18.2 Å². The van der Waals surface area contributed by atoms with Crippen molar-refractivity contribution in [2.24, 2.45) is 0 Å². The van der Waals surface area contributed by atoms with E-state index in [0.717, 1.165) is 17.7 Å². The third-order valence-corrected chi connectivity index (χ3v) is 2.37. The first-order valence-electron chi connectivity index (χ1n) is 4.69. The molecule has 2 heterocycles. The lowest BCUT2D eigenvalue weighted by Crippen LogP contribution is -2.21. The summed E-state index contributed by atoms with van der Waals surface area (Å²) in [5, 5.41) is 3.14. The lowest BCUT2D eigenvalue weighted by molar-refractivity contribution is 0.323. The van der Waals surface area contributed by atoms with Crippen molar-refractivity contribution < 1.29 is 4.74 Å². The largest absolute Gasteiger partial charge is 0.471 e. The summed E-state index contributed by atoms with van der Waals surface area (Å²) < 4.78 is 5.49. The molecule has 0 atom stereocenters. The van der Waals surface area contributed by atoms with Crippen molar-refractivity contribution in [1.29, 1.82) is 0 Å². The predicted molar refractivity (Wildman–Crippen MR) is 53.8 cm³/mol. The summed E-state index contributed by atoms with van der Waals surface area (Å²) >= 11 is 0. The van der Waals surface area contributed by atoms with Gasteiger partial charge in [0.05, 0.1) is 11.3 Å². The van der Waals surface area contributed by atoms with E-state index >= 15 is 0 Å². The van der Waals surface area contributed by atoms with Crippen LogP contribution in [0, 0.1) is 0 Å². The minimum Gasteiger partial charge on any atom is -0.471 e. The smallest absolute Gasteiger partial charge is 0.224 e. The molecule has 2 rings (SSSR count). The van der Waals surface area contributed by atoms with Crippen LogP contribution in [0.5, 0.6) is 5.88 Å². The molecule has 1 aliphatic rings. The second kappa shape index (κ2) is 3.65. The van der Waals surface area contributed by atoms with Crippen LogP contribution in [0.25, 0.3) is 5.57 Å². The maximum atomic E-state index is 5.49. The van der Waals surface area contributed by atoms with Crippen LogP contribution in [0.1, 0.15) is 18.9 Å². The Morgan fingerprint density at radius 3 is 3.14 bits per heavy atom. The Morgan fingerprint density at radius 1 is 1.57 bits per heavy atom. The quantitative estimate of drug-likeness (QED) is 0.763. The van der Waals surface area contributed by atoms with Gasteiger partial charge in [-0.3, -0.25) is 0 Å². The number of ether oxygens (including phenoxy) is 1. The molecule has 1 aromatic rings. The highest BCUT2D eigenvalue weighted by atomic mass is 16.5. The van der Waals surface area contributed by atoms with Gasteiger partial charge in [0.15, 0.2) is 0 Å². The summed E-state index contributed by atoms with van der Waals surface area (Å²) in [7, 11) is 1.91. The van der Waals surface area contributed by atoms with Crippen molar-refractivity contribution in [3.8, 4) is 5.88 Å². The molecule has 0 saturated carbocycles. The monoisotopic (exact) mass is 191 g/mol. The SMILES string of the molecule is CCC1=C(NC)COc2ncncc21. The van der Waals surface area contributed by atoms with Gasteiger partial charge in [0.1, 0.15) is 12.9 Å². The highest BCUT2D eigenvalue weighted by Crippen LogP contribution is 2.31. The third-order valence-electron chi connectivity index (χ3n) is 2.37. The fourth-order valence-corrected chi connectivity index (χ4v) is 1.66. The number of hydrogen-bond donors (Lipinski definition) is 1. The molecule has 1 aromatic heterocycles. The Balaban J connectivity index is 2.52. The molecule has 0 unspecified atom stereocenters. The number of fused-ring (bicyclic) bond motifs is 1. The van der Waals surface area contributed by atoms with Crippen LogP contribution in [0.4, 0.5) is 0 Å². The molecular formula is C10H13N3O. The van der Waals surface area contributed by atoms with E-state index in [1.165, 1.54) is 11.9 Å². The van der Waals surface area contributed by atoms with E-state index in [-0.39, 0.29) is 0 Å². The Kier molecular flexibility index (Phi) is 2.35. The average molecular weight is 191 g/mol. The zero-order valence-electron chi connectivity index (χ0n) is 8.37. The van der Waals surface area contributed by atoms with Gasteiger partial charge >= 0.3 is 0 Å². The number of likely N-dealkylation sites (N-methyl/N-ethyl adjacent to an activating group) is 1. The molecular weight excluding hydrogens is 178 g/mol. The molecule has 0 amide bonds. The first kappa shape index (κ1) is 8.99. The Bertz CT molecular complexity index is 373. The van der Waals surface area contributed by atoms with Crippen LogP contribution < -0.4 is 10.1 Å². The molecule has 0 radical (unpaired) electrons. The van der Waals surface area contributed by atoms with Crippen LogP contribution in [-0.2, 0) is 0 Å². The molecule has 0 bridgehead atoms. The second-order valence-corrected chi connectivity index (χ2v) is 3.09. The molecule has 1 N–H and O–H groups in total. The van der Waals surface area contributed by atoms with Crippen molar-refractivity contribution in [2.45, 2.75) is 13.3 Å². The average Bonchev–Trinajstić information content (AvgIpc) is 2.27. The topological polar surface area (TPSA) is 47.0 Å². The van der Waals surface area contributed by atoms with E-state index in [1.54, 1.807) is 6.20 Å². The minimum absolute atomic E-state index is 0.573. The lowest BCUT2D eigenvalue weighted by atomic mass is 10.0. The predicted octanol–water partition coefficient (Wildman–Crippen LogP) is 1.21. The Labute approximate surface area is 83.0 Å².